The number of rotatable bonds is 6. The summed E-state index contributed by atoms with van der Waals surface area (Å²) in [6.45, 7) is 4.03. The maximum Gasteiger partial charge on any atom is 0.343 e. The minimum atomic E-state index is -3.82. The third-order valence-corrected chi connectivity index (χ3v) is 7.20. The Kier molecular flexibility index (Phi) is 6.26. The third-order valence-electron chi connectivity index (χ3n) is 4.67. The number of benzene rings is 2. The predicted molar refractivity (Wildman–Crippen MR) is 110 cm³/mol. The van der Waals surface area contributed by atoms with Crippen LogP contribution in [0.25, 0.3) is 0 Å². The number of carbonyl (C=O) groups excluding carboxylic acids is 2. The Bertz CT molecular complexity index is 1060. The number of hydrogen-bond donors (Lipinski definition) is 1. The van der Waals surface area contributed by atoms with Crippen LogP contribution >= 0.6 is 11.6 Å². The Morgan fingerprint density at radius 3 is 2.55 bits per heavy atom. The molecule has 1 aliphatic heterocycles. The van der Waals surface area contributed by atoms with Crippen molar-refractivity contribution in [1.82, 2.24) is 4.31 Å². The normalized spacial score (nSPS) is 13.7. The maximum atomic E-state index is 12.8. The quantitative estimate of drug-likeness (QED) is 0.552. The molecule has 154 valence electrons. The molecule has 0 aliphatic carbocycles. The minimum Gasteiger partial charge on any atom is -0.423 e. The predicted octanol–water partition coefficient (Wildman–Crippen LogP) is 3.47. The molecule has 7 nitrogen and oxygen atoms in total. The Hall–Kier alpha value is -2.42. The number of sulfonamides is 1. The zero-order chi connectivity index (χ0) is 21.2. The van der Waals surface area contributed by atoms with Crippen LogP contribution < -0.4 is 10.1 Å². The van der Waals surface area contributed by atoms with E-state index in [1.807, 2.05) is 0 Å². The van der Waals surface area contributed by atoms with Gasteiger partial charge in [0.15, 0.2) is 0 Å². The molecule has 0 aromatic heterocycles. The minimum absolute atomic E-state index is 0.0398. The molecule has 0 saturated heterocycles. The lowest BCUT2D eigenvalue weighted by Crippen LogP contribution is -2.31. The average molecular weight is 437 g/mol. The molecule has 0 atom stereocenters. The third kappa shape index (κ3) is 4.44. The highest BCUT2D eigenvalue weighted by molar-refractivity contribution is 7.89. The molecule has 0 bridgehead atoms. The van der Waals surface area contributed by atoms with Crippen molar-refractivity contribution in [2.24, 2.45) is 0 Å². The van der Waals surface area contributed by atoms with E-state index in [9.17, 15) is 18.0 Å². The van der Waals surface area contributed by atoms with Gasteiger partial charge in [-0.05, 0) is 48.4 Å². The van der Waals surface area contributed by atoms with Gasteiger partial charge in [0.05, 0.1) is 10.6 Å². The van der Waals surface area contributed by atoms with Gasteiger partial charge in [-0.25, -0.2) is 13.2 Å². The first-order valence-electron chi connectivity index (χ1n) is 9.21. The fourth-order valence-electron chi connectivity index (χ4n) is 3.12. The van der Waals surface area contributed by atoms with Crippen molar-refractivity contribution in [2.45, 2.75) is 31.6 Å². The van der Waals surface area contributed by atoms with Gasteiger partial charge in [0.25, 0.3) is 0 Å². The van der Waals surface area contributed by atoms with Crippen LogP contribution in [0.2, 0.25) is 5.02 Å². The first kappa shape index (κ1) is 21.3. The molecular formula is C20H21ClN2O5S. The van der Waals surface area contributed by atoms with Crippen molar-refractivity contribution >= 4 is 39.2 Å². The number of fused-ring (bicyclic) bond motifs is 1. The van der Waals surface area contributed by atoms with Gasteiger partial charge in [0.1, 0.15) is 10.6 Å². The van der Waals surface area contributed by atoms with Gasteiger partial charge in [-0.15, -0.1) is 0 Å². The van der Waals surface area contributed by atoms with Crippen molar-refractivity contribution in [2.75, 3.05) is 18.4 Å². The molecule has 1 amide bonds. The lowest BCUT2D eigenvalue weighted by atomic mass is 10.0. The molecule has 2 aromatic rings. The second-order valence-electron chi connectivity index (χ2n) is 6.49. The molecular weight excluding hydrogens is 416 g/mol. The van der Waals surface area contributed by atoms with Crippen LogP contribution in [0.1, 0.15) is 36.2 Å². The first-order chi connectivity index (χ1) is 13.8. The number of aryl methyl sites for hydroxylation is 1. The number of esters is 1. The van der Waals surface area contributed by atoms with E-state index in [0.717, 1.165) is 5.56 Å². The summed E-state index contributed by atoms with van der Waals surface area (Å²) in [5.41, 5.74) is 1.64. The Morgan fingerprint density at radius 2 is 1.86 bits per heavy atom. The summed E-state index contributed by atoms with van der Waals surface area (Å²) in [6, 6.07) is 8.97. The summed E-state index contributed by atoms with van der Waals surface area (Å²) in [5.74, 6) is -0.434. The molecule has 2 aromatic carbocycles. The molecule has 9 heteroatoms. The molecule has 29 heavy (non-hydrogen) atoms. The Morgan fingerprint density at radius 1 is 1.14 bits per heavy atom. The van der Waals surface area contributed by atoms with Crippen LogP contribution in [-0.2, 0) is 21.2 Å². The van der Waals surface area contributed by atoms with Crippen LogP contribution in [0, 0.1) is 0 Å². The van der Waals surface area contributed by atoms with Gasteiger partial charge in [0, 0.05) is 25.2 Å². The number of carbonyl (C=O) groups is 2. The summed E-state index contributed by atoms with van der Waals surface area (Å²) < 4.78 is 32.3. The van der Waals surface area contributed by atoms with Crippen molar-refractivity contribution in [3.05, 3.63) is 52.5 Å². The largest absolute Gasteiger partial charge is 0.423 e. The van der Waals surface area contributed by atoms with E-state index in [4.69, 9.17) is 16.3 Å². The number of nitrogens with zero attached hydrogens (tertiary/aromatic N) is 1. The van der Waals surface area contributed by atoms with Crippen molar-refractivity contribution in [3.63, 3.8) is 0 Å². The zero-order valence-electron chi connectivity index (χ0n) is 16.1. The number of nitrogens with one attached hydrogen (secondary N) is 1. The van der Waals surface area contributed by atoms with Gasteiger partial charge in [-0.3, -0.25) is 4.79 Å². The molecule has 0 saturated carbocycles. The van der Waals surface area contributed by atoms with Crippen LogP contribution in [-0.4, -0.2) is 37.7 Å². The van der Waals surface area contributed by atoms with E-state index in [2.05, 4.69) is 5.32 Å². The number of hydrogen-bond acceptors (Lipinski definition) is 5. The highest BCUT2D eigenvalue weighted by Crippen LogP contribution is 2.29. The van der Waals surface area contributed by atoms with Gasteiger partial charge in [-0.2, -0.15) is 4.31 Å². The van der Waals surface area contributed by atoms with E-state index in [1.165, 1.54) is 22.5 Å². The lowest BCUT2D eigenvalue weighted by molar-refractivity contribution is -0.116. The van der Waals surface area contributed by atoms with Gasteiger partial charge < -0.3 is 10.1 Å². The molecule has 0 unspecified atom stereocenters. The van der Waals surface area contributed by atoms with Crippen LogP contribution in [0.4, 0.5) is 5.69 Å². The second kappa shape index (κ2) is 8.52. The van der Waals surface area contributed by atoms with Crippen LogP contribution in [0.15, 0.2) is 41.3 Å². The monoisotopic (exact) mass is 436 g/mol. The highest BCUT2D eigenvalue weighted by Gasteiger charge is 2.26. The zero-order valence-corrected chi connectivity index (χ0v) is 17.6. The highest BCUT2D eigenvalue weighted by atomic mass is 35.5. The van der Waals surface area contributed by atoms with Crippen molar-refractivity contribution < 1.29 is 22.7 Å². The van der Waals surface area contributed by atoms with Crippen LogP contribution in [0.3, 0.4) is 0 Å². The maximum absolute atomic E-state index is 12.8. The fraction of sp³-hybridized carbons (Fsp3) is 0.300. The van der Waals surface area contributed by atoms with Crippen molar-refractivity contribution in [3.8, 4) is 5.75 Å². The molecule has 1 aliphatic rings. The second-order valence-corrected chi connectivity index (χ2v) is 8.80. The molecule has 1 heterocycles. The number of anilines is 1. The molecule has 0 radical (unpaired) electrons. The van der Waals surface area contributed by atoms with Gasteiger partial charge >= 0.3 is 5.97 Å². The topological polar surface area (TPSA) is 92.8 Å². The SMILES string of the molecule is CCN(CC)S(=O)(=O)c1cc(C(=O)Oc2ccc3c(c2)CCC(=O)N3)ccc1Cl. The Labute approximate surface area is 174 Å². The summed E-state index contributed by atoms with van der Waals surface area (Å²) >= 11 is 6.10. The Balaban J connectivity index is 1.86. The van der Waals surface area contributed by atoms with Crippen molar-refractivity contribution in [1.29, 1.82) is 0 Å². The van der Waals surface area contributed by atoms with E-state index in [-0.39, 0.29) is 34.5 Å². The summed E-state index contributed by atoms with van der Waals surface area (Å²) in [5, 5.41) is 2.80. The van der Waals surface area contributed by atoms with E-state index < -0.39 is 16.0 Å². The summed E-state index contributed by atoms with van der Waals surface area (Å²) in [6.07, 6.45) is 0.925. The van der Waals surface area contributed by atoms with Gasteiger partial charge in [0.2, 0.25) is 15.9 Å². The molecule has 1 N–H and O–H groups in total. The van der Waals surface area contributed by atoms with E-state index in [1.54, 1.807) is 32.0 Å². The fourth-order valence-corrected chi connectivity index (χ4v) is 5.08. The number of ether oxygens (including phenoxy) is 1. The van der Waals surface area contributed by atoms with Crippen LogP contribution in [0.5, 0.6) is 5.75 Å². The summed E-state index contributed by atoms with van der Waals surface area (Å²) in [4.78, 5) is 23.9. The van der Waals surface area contributed by atoms with E-state index in [0.29, 0.717) is 24.3 Å². The lowest BCUT2D eigenvalue weighted by Gasteiger charge is -2.19. The average Bonchev–Trinajstić information content (AvgIpc) is 2.69. The smallest absolute Gasteiger partial charge is 0.343 e. The molecule has 0 spiro atoms. The van der Waals surface area contributed by atoms with Gasteiger partial charge in [-0.1, -0.05) is 25.4 Å². The number of amides is 1. The van der Waals surface area contributed by atoms with E-state index >= 15 is 0 Å². The first-order valence-corrected chi connectivity index (χ1v) is 11.0. The summed E-state index contributed by atoms with van der Waals surface area (Å²) in [7, 11) is -3.82. The number of halogens is 1. The standard InChI is InChI=1S/C20H21ClN2O5S/c1-3-23(4-2)29(26,27)18-12-14(5-8-16(18)21)20(25)28-15-7-9-17-13(11-15)6-10-19(24)22-17/h5,7-9,11-12H,3-4,6,10H2,1-2H3,(H,22,24). The molecule has 0 fully saturated rings. The molecule has 3 rings (SSSR count).